The maximum Gasteiger partial charge on any atom is 0.253 e. The van der Waals surface area contributed by atoms with E-state index in [0.29, 0.717) is 12.1 Å². The van der Waals surface area contributed by atoms with Crippen molar-refractivity contribution in [1.82, 2.24) is 19.4 Å². The molecule has 26 heavy (non-hydrogen) atoms. The van der Waals surface area contributed by atoms with Gasteiger partial charge in [-0.25, -0.2) is 9.37 Å². The predicted octanol–water partition coefficient (Wildman–Crippen LogP) is 3.56. The topological polar surface area (TPSA) is 51.0 Å². The maximum atomic E-state index is 13.1. The molecule has 1 fully saturated rings. The van der Waals surface area contributed by atoms with Crippen LogP contribution in [0.5, 0.6) is 0 Å². The van der Waals surface area contributed by atoms with Gasteiger partial charge in [0.15, 0.2) is 0 Å². The molecule has 0 aliphatic carbocycles. The molecule has 0 N–H and O–H groups in total. The molecule has 0 bridgehead atoms. The summed E-state index contributed by atoms with van der Waals surface area (Å²) in [6, 6.07) is 9.78. The Kier molecular flexibility index (Phi) is 4.48. The molecule has 5 nitrogen and oxygen atoms in total. The van der Waals surface area contributed by atoms with Crippen LogP contribution < -0.4 is 0 Å². The van der Waals surface area contributed by atoms with Gasteiger partial charge in [-0.05, 0) is 49.2 Å². The van der Waals surface area contributed by atoms with Crippen molar-refractivity contribution in [2.45, 2.75) is 18.9 Å². The number of amides is 1. The van der Waals surface area contributed by atoms with Crippen molar-refractivity contribution in [3.63, 3.8) is 0 Å². The van der Waals surface area contributed by atoms with E-state index in [4.69, 9.17) is 0 Å². The van der Waals surface area contributed by atoms with Crippen molar-refractivity contribution < 1.29 is 9.18 Å². The summed E-state index contributed by atoms with van der Waals surface area (Å²) in [7, 11) is 0. The predicted molar refractivity (Wildman–Crippen MR) is 96.0 cm³/mol. The van der Waals surface area contributed by atoms with Gasteiger partial charge >= 0.3 is 0 Å². The minimum atomic E-state index is -0.333. The van der Waals surface area contributed by atoms with Crippen LogP contribution in [-0.2, 0) is 0 Å². The van der Waals surface area contributed by atoms with Gasteiger partial charge in [0, 0.05) is 42.8 Å². The molecule has 0 saturated carbocycles. The lowest BCUT2D eigenvalue weighted by atomic mass is 10.0. The second-order valence-corrected chi connectivity index (χ2v) is 6.50. The van der Waals surface area contributed by atoms with Gasteiger partial charge in [0.25, 0.3) is 5.91 Å². The Labute approximate surface area is 151 Å². The largest absolute Gasteiger partial charge is 0.337 e. The normalized spacial score (nSPS) is 17.3. The average molecular weight is 350 g/mol. The van der Waals surface area contributed by atoms with Gasteiger partial charge in [0.05, 0.1) is 18.1 Å². The van der Waals surface area contributed by atoms with Crippen LogP contribution in [0.1, 0.15) is 29.2 Å². The van der Waals surface area contributed by atoms with Crippen molar-refractivity contribution >= 4 is 5.91 Å². The van der Waals surface area contributed by atoms with E-state index in [2.05, 4.69) is 14.5 Å². The molecule has 0 spiro atoms. The molecule has 1 aromatic carbocycles. The molecule has 4 rings (SSSR count). The zero-order valence-corrected chi connectivity index (χ0v) is 14.3. The zero-order chi connectivity index (χ0) is 17.9. The molecule has 0 radical (unpaired) electrons. The smallest absolute Gasteiger partial charge is 0.253 e. The molecule has 1 saturated heterocycles. The first kappa shape index (κ1) is 16.4. The third-order valence-electron chi connectivity index (χ3n) is 4.77. The number of hydrogen-bond acceptors (Lipinski definition) is 3. The number of rotatable bonds is 3. The van der Waals surface area contributed by atoms with Crippen LogP contribution in [0.4, 0.5) is 4.39 Å². The summed E-state index contributed by atoms with van der Waals surface area (Å²) in [6.07, 6.45) is 9.27. The first-order valence-corrected chi connectivity index (χ1v) is 8.69. The van der Waals surface area contributed by atoms with E-state index in [1.807, 2.05) is 29.6 Å². The second-order valence-electron chi connectivity index (χ2n) is 6.50. The highest BCUT2D eigenvalue weighted by atomic mass is 19.1. The minimum Gasteiger partial charge on any atom is -0.337 e. The van der Waals surface area contributed by atoms with Gasteiger partial charge in [-0.1, -0.05) is 0 Å². The first-order chi connectivity index (χ1) is 12.7. The van der Waals surface area contributed by atoms with E-state index in [9.17, 15) is 9.18 Å². The molecule has 1 atom stereocenters. The molecular formula is C20H19FN4O. The van der Waals surface area contributed by atoms with Gasteiger partial charge in [0.1, 0.15) is 5.82 Å². The van der Waals surface area contributed by atoms with Crippen LogP contribution in [0.15, 0.2) is 61.3 Å². The van der Waals surface area contributed by atoms with Crippen LogP contribution in [0.25, 0.3) is 11.3 Å². The molecule has 1 unspecified atom stereocenters. The first-order valence-electron chi connectivity index (χ1n) is 8.69. The number of imidazole rings is 1. The summed E-state index contributed by atoms with van der Waals surface area (Å²) in [5.41, 5.74) is 2.44. The van der Waals surface area contributed by atoms with E-state index >= 15 is 0 Å². The summed E-state index contributed by atoms with van der Waals surface area (Å²) < 4.78 is 15.2. The lowest BCUT2D eigenvalue weighted by molar-refractivity contribution is 0.0679. The quantitative estimate of drug-likeness (QED) is 0.726. The number of pyridine rings is 1. The SMILES string of the molecule is O=C(c1ccc(F)cc1)N1CCCC(n2cnc(-c3ccncc3)c2)C1. The van der Waals surface area contributed by atoms with E-state index in [0.717, 1.165) is 30.6 Å². The zero-order valence-electron chi connectivity index (χ0n) is 14.3. The number of hydrogen-bond donors (Lipinski definition) is 0. The highest BCUT2D eigenvalue weighted by Gasteiger charge is 2.25. The van der Waals surface area contributed by atoms with E-state index in [1.165, 1.54) is 12.1 Å². The third kappa shape index (κ3) is 3.35. The molecular weight excluding hydrogens is 331 g/mol. The average Bonchev–Trinajstić information content (AvgIpc) is 3.19. The Morgan fingerprint density at radius 1 is 1.12 bits per heavy atom. The third-order valence-corrected chi connectivity index (χ3v) is 4.77. The second kappa shape index (κ2) is 7.07. The highest BCUT2D eigenvalue weighted by Crippen LogP contribution is 2.25. The Bertz CT molecular complexity index is 892. The Morgan fingerprint density at radius 3 is 2.65 bits per heavy atom. The van der Waals surface area contributed by atoms with Gasteiger partial charge in [-0.3, -0.25) is 9.78 Å². The molecule has 1 aliphatic rings. The number of nitrogens with zero attached hydrogens (tertiary/aromatic N) is 4. The van der Waals surface area contributed by atoms with Gasteiger partial charge in [-0.15, -0.1) is 0 Å². The molecule has 3 heterocycles. The van der Waals surface area contributed by atoms with E-state index in [-0.39, 0.29) is 17.8 Å². The molecule has 1 aliphatic heterocycles. The number of aromatic nitrogens is 3. The van der Waals surface area contributed by atoms with Crippen LogP contribution in [0, 0.1) is 5.82 Å². The van der Waals surface area contributed by atoms with Gasteiger partial charge in [0.2, 0.25) is 0 Å². The Balaban J connectivity index is 1.49. The lowest BCUT2D eigenvalue weighted by Gasteiger charge is -2.33. The summed E-state index contributed by atoms with van der Waals surface area (Å²) in [5, 5.41) is 0. The fourth-order valence-electron chi connectivity index (χ4n) is 3.37. The Morgan fingerprint density at radius 2 is 1.88 bits per heavy atom. The van der Waals surface area contributed by atoms with E-state index < -0.39 is 0 Å². The highest BCUT2D eigenvalue weighted by molar-refractivity contribution is 5.94. The van der Waals surface area contributed by atoms with Crippen molar-refractivity contribution in [3.8, 4) is 11.3 Å². The Hall–Kier alpha value is -3.02. The van der Waals surface area contributed by atoms with Gasteiger partial charge in [-0.2, -0.15) is 0 Å². The van der Waals surface area contributed by atoms with Crippen LogP contribution in [0.2, 0.25) is 0 Å². The fraction of sp³-hybridized carbons (Fsp3) is 0.250. The number of carbonyl (C=O) groups excluding carboxylic acids is 1. The molecule has 132 valence electrons. The molecule has 1 amide bonds. The van der Waals surface area contributed by atoms with Crippen molar-refractivity contribution in [2.75, 3.05) is 13.1 Å². The fourth-order valence-corrected chi connectivity index (χ4v) is 3.37. The van der Waals surface area contributed by atoms with Crippen molar-refractivity contribution in [1.29, 1.82) is 0 Å². The monoisotopic (exact) mass is 350 g/mol. The van der Waals surface area contributed by atoms with Crippen molar-refractivity contribution in [2.24, 2.45) is 0 Å². The lowest BCUT2D eigenvalue weighted by Crippen LogP contribution is -2.40. The van der Waals surface area contributed by atoms with Crippen LogP contribution >= 0.6 is 0 Å². The number of benzene rings is 1. The number of halogens is 1. The van der Waals surface area contributed by atoms with Crippen LogP contribution in [0.3, 0.4) is 0 Å². The number of piperidine rings is 1. The summed E-state index contributed by atoms with van der Waals surface area (Å²) in [5.74, 6) is -0.385. The summed E-state index contributed by atoms with van der Waals surface area (Å²) in [4.78, 5) is 23.0. The van der Waals surface area contributed by atoms with Crippen molar-refractivity contribution in [3.05, 3.63) is 72.7 Å². The maximum absolute atomic E-state index is 13.1. The summed E-state index contributed by atoms with van der Waals surface area (Å²) in [6.45, 7) is 1.35. The number of likely N-dealkylation sites (tertiary alicyclic amines) is 1. The molecule has 2 aromatic heterocycles. The minimum absolute atomic E-state index is 0.0517. The number of carbonyl (C=O) groups is 1. The molecule has 6 heteroatoms. The standard InChI is InChI=1S/C20H19FN4O/c21-17-5-3-16(4-6-17)20(26)24-11-1-2-18(12-24)25-13-19(23-14-25)15-7-9-22-10-8-15/h3-10,13-14,18H,1-2,11-12H2. The van der Waals surface area contributed by atoms with E-state index in [1.54, 1.807) is 24.5 Å². The molecule has 3 aromatic rings. The van der Waals surface area contributed by atoms with Gasteiger partial charge < -0.3 is 9.47 Å². The van der Waals surface area contributed by atoms with Crippen LogP contribution in [-0.4, -0.2) is 38.4 Å². The summed E-state index contributed by atoms with van der Waals surface area (Å²) >= 11 is 0.